The third-order valence-corrected chi connectivity index (χ3v) is 3.86. The summed E-state index contributed by atoms with van der Waals surface area (Å²) in [6.45, 7) is 1.33. The summed E-state index contributed by atoms with van der Waals surface area (Å²) in [7, 11) is 0. The number of rotatable bonds is 1. The molecule has 0 aliphatic rings. The van der Waals surface area contributed by atoms with Crippen LogP contribution in [0.1, 0.15) is 6.92 Å². The van der Waals surface area contributed by atoms with Crippen LogP contribution in [0.15, 0.2) is 113 Å². The van der Waals surface area contributed by atoms with Gasteiger partial charge in [-0.25, -0.2) is 4.98 Å². The van der Waals surface area contributed by atoms with Crippen LogP contribution in [0.2, 0.25) is 0 Å². The molecular weight excluding hydrogens is 394 g/mol. The number of H-pyrrole nitrogens is 1. The Morgan fingerprint density at radius 3 is 2.32 bits per heavy atom. The number of benzene rings is 1. The molecule has 0 fully saturated rings. The Hall–Kier alpha value is -4.39. The smallest absolute Gasteiger partial charge is 0.308 e. The first-order valence-corrected chi connectivity index (χ1v) is 9.46. The van der Waals surface area contributed by atoms with Gasteiger partial charge >= 0.3 is 5.97 Å². The first-order chi connectivity index (χ1) is 15.2. The maximum atomic E-state index is 11.4. The Balaban J connectivity index is 2.24. The molecule has 3 rings (SSSR count). The summed E-state index contributed by atoms with van der Waals surface area (Å²) in [5.74, 6) is -0.106. The van der Waals surface area contributed by atoms with Crippen molar-refractivity contribution in [3.05, 3.63) is 103 Å². The standard InChI is InChI=1S/C24H21N3O4/c1-19(28)30-22-12-8-11-21-18-20-10-5-6-15-24(20)26-23(21)14-4-2-3-7-16-25-27-31-29-17-9-13-22/h2-18,27H,1H3. The van der Waals surface area contributed by atoms with Crippen molar-refractivity contribution in [3.63, 3.8) is 0 Å². The number of nitrogens with one attached hydrogen (secondary N) is 1. The number of ether oxygens (including phenoxy) is 1. The number of para-hydroxylation sites is 1. The van der Waals surface area contributed by atoms with Gasteiger partial charge in [0, 0.05) is 17.7 Å². The molecule has 0 atom stereocenters. The predicted molar refractivity (Wildman–Crippen MR) is 118 cm³/mol. The van der Waals surface area contributed by atoms with E-state index in [2.05, 4.69) is 21.1 Å². The fourth-order valence-electron chi connectivity index (χ4n) is 2.59. The molecule has 1 aromatic carbocycles. The largest absolute Gasteiger partial charge is 0.427 e. The molecular formula is C24H21N3O4. The van der Waals surface area contributed by atoms with E-state index in [-0.39, 0.29) is 0 Å². The molecule has 0 saturated heterocycles. The highest BCUT2D eigenvalue weighted by Gasteiger charge is 1.96. The highest BCUT2D eigenvalue weighted by molar-refractivity contribution is 5.92. The number of fused-ring (bicyclic) bond motifs is 2. The van der Waals surface area contributed by atoms with Crippen LogP contribution in [-0.2, 0) is 4.79 Å². The molecule has 7 nitrogen and oxygen atoms in total. The number of aromatic nitrogens is 3. The Bertz CT molecular complexity index is 1270. The van der Waals surface area contributed by atoms with E-state index < -0.39 is 5.97 Å². The van der Waals surface area contributed by atoms with Gasteiger partial charge in [0.05, 0.1) is 17.2 Å². The van der Waals surface area contributed by atoms with Gasteiger partial charge in [-0.15, -0.1) is 5.10 Å². The first kappa shape index (κ1) is 21.3. The van der Waals surface area contributed by atoms with Crippen LogP contribution in [-0.4, -0.2) is 21.3 Å². The monoisotopic (exact) mass is 415 g/mol. The molecule has 156 valence electrons. The summed E-state index contributed by atoms with van der Waals surface area (Å²) in [4.78, 5) is 16.1. The second-order valence-electron chi connectivity index (χ2n) is 6.16. The number of nitrogens with zero attached hydrogens (tertiary/aromatic N) is 2. The molecule has 0 spiro atoms. The van der Waals surface area contributed by atoms with Gasteiger partial charge in [-0.05, 0) is 42.5 Å². The minimum absolute atomic E-state index is 0.330. The van der Waals surface area contributed by atoms with E-state index in [1.807, 2.05) is 54.6 Å². The van der Waals surface area contributed by atoms with Gasteiger partial charge in [-0.3, -0.25) is 9.37 Å². The number of carbonyl (C=O) groups excluding carboxylic acids is 1. The van der Waals surface area contributed by atoms with Crippen LogP contribution in [0.25, 0.3) is 21.8 Å². The van der Waals surface area contributed by atoms with Crippen molar-refractivity contribution < 1.29 is 18.8 Å². The zero-order chi connectivity index (χ0) is 21.7. The van der Waals surface area contributed by atoms with Crippen molar-refractivity contribution in [2.75, 3.05) is 0 Å². The molecule has 2 aromatic heterocycles. The van der Waals surface area contributed by atoms with E-state index in [0.29, 0.717) is 5.75 Å². The minimum Gasteiger partial charge on any atom is -0.427 e. The predicted octanol–water partition coefficient (Wildman–Crippen LogP) is 5.72. The van der Waals surface area contributed by atoms with Gasteiger partial charge < -0.3 is 4.74 Å². The van der Waals surface area contributed by atoms with Crippen molar-refractivity contribution >= 4 is 27.8 Å². The highest BCUT2D eigenvalue weighted by Crippen LogP contribution is 2.18. The van der Waals surface area contributed by atoms with Gasteiger partial charge in [0.2, 0.25) is 0 Å². The lowest BCUT2D eigenvalue weighted by atomic mass is 10.1. The van der Waals surface area contributed by atoms with E-state index in [0.717, 1.165) is 21.8 Å². The van der Waals surface area contributed by atoms with Gasteiger partial charge in [-0.2, -0.15) is 4.68 Å². The lowest BCUT2D eigenvalue weighted by Crippen LogP contribution is -2.00. The maximum absolute atomic E-state index is 11.4. The van der Waals surface area contributed by atoms with Gasteiger partial charge in [-0.1, -0.05) is 53.8 Å². The molecule has 0 amide bonds. The van der Waals surface area contributed by atoms with Crippen LogP contribution in [0.3, 0.4) is 0 Å². The molecule has 7 heteroatoms. The zero-order valence-electron chi connectivity index (χ0n) is 16.8. The lowest BCUT2D eigenvalue weighted by molar-refractivity contribution is -0.131. The number of hydrogen-bond acceptors (Lipinski definition) is 6. The summed E-state index contributed by atoms with van der Waals surface area (Å²) in [5, 5.41) is 7.97. The second kappa shape index (κ2) is 11.6. The average Bonchev–Trinajstić information content (AvgIpc) is 2.76. The Labute approximate surface area is 178 Å². The topological polar surface area (TPSA) is 94.2 Å². The van der Waals surface area contributed by atoms with Crippen LogP contribution < -0.4 is 4.74 Å². The second-order valence-corrected chi connectivity index (χ2v) is 6.16. The number of aromatic amines is 1. The quantitative estimate of drug-likeness (QED) is 0.403. The van der Waals surface area contributed by atoms with E-state index in [1.165, 1.54) is 25.5 Å². The fraction of sp³-hybridized carbons (Fsp3) is 0.0417. The average molecular weight is 415 g/mol. The van der Waals surface area contributed by atoms with E-state index in [4.69, 9.17) is 14.3 Å². The molecule has 0 unspecified atom stereocenters. The van der Waals surface area contributed by atoms with Gasteiger partial charge in [0.25, 0.3) is 0 Å². The first-order valence-electron chi connectivity index (χ1n) is 9.46. The Morgan fingerprint density at radius 2 is 1.52 bits per heavy atom. The summed E-state index contributed by atoms with van der Waals surface area (Å²) in [6, 6.07) is 27.6. The molecule has 0 saturated carbocycles. The van der Waals surface area contributed by atoms with Gasteiger partial charge in [0.15, 0.2) is 0 Å². The van der Waals surface area contributed by atoms with Gasteiger partial charge in [0.1, 0.15) is 12.0 Å². The molecule has 1 N–H and O–H groups in total. The molecule has 2 heterocycles. The summed E-state index contributed by atoms with van der Waals surface area (Å²) < 4.78 is 14.6. The van der Waals surface area contributed by atoms with Crippen molar-refractivity contribution in [3.8, 4) is 5.75 Å². The highest BCUT2D eigenvalue weighted by atomic mass is 17.0. The minimum atomic E-state index is -0.435. The SMILES string of the molecule is CC(=O)Oc1cccoo[nH]nccccccc2nc3ccccc3cc2ccc1. The molecule has 0 aliphatic heterocycles. The molecule has 3 aromatic rings. The van der Waals surface area contributed by atoms with Crippen LogP contribution in [0.5, 0.6) is 5.75 Å². The molecule has 0 radical (unpaired) electrons. The maximum Gasteiger partial charge on any atom is 0.308 e. The zero-order valence-corrected chi connectivity index (χ0v) is 16.8. The van der Waals surface area contributed by atoms with Crippen molar-refractivity contribution in [2.24, 2.45) is 0 Å². The van der Waals surface area contributed by atoms with E-state index in [9.17, 15) is 4.79 Å². The number of hydrogen-bond donors (Lipinski definition) is 1. The third kappa shape index (κ3) is 7.17. The number of pyridine rings is 1. The number of esters is 1. The molecule has 0 aliphatic carbocycles. The number of carbonyl (C=O) groups is 1. The van der Waals surface area contributed by atoms with E-state index >= 15 is 0 Å². The van der Waals surface area contributed by atoms with Crippen LogP contribution >= 0.6 is 0 Å². The lowest BCUT2D eigenvalue weighted by Gasteiger charge is -1.99. The normalized spacial score (nSPS) is 9.58. The van der Waals surface area contributed by atoms with Crippen molar-refractivity contribution in [1.82, 2.24) is 15.4 Å². The van der Waals surface area contributed by atoms with Crippen molar-refractivity contribution in [2.45, 2.75) is 6.92 Å². The molecule has 0 bridgehead atoms. The Morgan fingerprint density at radius 1 is 0.839 bits per heavy atom. The Kier molecular flexibility index (Phi) is 7.96. The summed E-state index contributed by atoms with van der Waals surface area (Å²) in [6.07, 6.45) is 2.76. The van der Waals surface area contributed by atoms with E-state index in [1.54, 1.807) is 24.3 Å². The van der Waals surface area contributed by atoms with Crippen LogP contribution in [0, 0.1) is 0 Å². The fourth-order valence-corrected chi connectivity index (χ4v) is 2.59. The molecule has 31 heavy (non-hydrogen) atoms. The summed E-state index contributed by atoms with van der Waals surface area (Å²) in [5.41, 5.74) is 1.71. The summed E-state index contributed by atoms with van der Waals surface area (Å²) >= 11 is 0. The van der Waals surface area contributed by atoms with Crippen molar-refractivity contribution in [1.29, 1.82) is 0 Å². The van der Waals surface area contributed by atoms with Crippen LogP contribution in [0.4, 0.5) is 0 Å². The third-order valence-electron chi connectivity index (χ3n) is 3.86.